The van der Waals surface area contributed by atoms with E-state index in [1.165, 1.54) is 10.3 Å². The fourth-order valence-corrected chi connectivity index (χ4v) is 4.55. The van der Waals surface area contributed by atoms with Gasteiger partial charge in [-0.2, -0.15) is 0 Å². The van der Waals surface area contributed by atoms with Gasteiger partial charge in [-0.15, -0.1) is 0 Å². The Hall–Kier alpha value is -3.47. The molecule has 176 valence electrons. The topological polar surface area (TPSA) is 66.5 Å². The molecule has 1 aliphatic heterocycles. The molecule has 0 unspecified atom stereocenters. The predicted molar refractivity (Wildman–Crippen MR) is 136 cm³/mol. The number of anilines is 1. The zero-order chi connectivity index (χ0) is 23.8. The summed E-state index contributed by atoms with van der Waals surface area (Å²) in [6.45, 7) is 0.499. The Bertz CT molecular complexity index is 1140. The number of carbonyl (C=O) groups is 3. The van der Waals surface area contributed by atoms with Crippen molar-refractivity contribution in [3.63, 3.8) is 0 Å². The van der Waals surface area contributed by atoms with Crippen LogP contribution in [-0.4, -0.2) is 29.2 Å². The number of benzene rings is 3. The SMILES string of the molecule is O=C(CCCCCCCCCCN1C(=O)c2ccccc2C1=O)Nc1ccc2ccccc2c1. The normalized spacial score (nSPS) is 12.9. The molecular weight excluding hydrogens is 424 g/mol. The van der Waals surface area contributed by atoms with Crippen LogP contribution >= 0.6 is 0 Å². The molecule has 3 aromatic carbocycles. The zero-order valence-corrected chi connectivity index (χ0v) is 19.6. The van der Waals surface area contributed by atoms with Crippen LogP contribution in [0.1, 0.15) is 78.5 Å². The smallest absolute Gasteiger partial charge is 0.261 e. The maximum Gasteiger partial charge on any atom is 0.261 e. The average Bonchev–Trinajstić information content (AvgIpc) is 3.10. The third-order valence-electron chi connectivity index (χ3n) is 6.45. The molecule has 0 bridgehead atoms. The fourth-order valence-electron chi connectivity index (χ4n) is 4.55. The van der Waals surface area contributed by atoms with Crippen LogP contribution in [0.4, 0.5) is 5.69 Å². The number of imide groups is 1. The predicted octanol–water partition coefficient (Wildman–Crippen LogP) is 6.59. The summed E-state index contributed by atoms with van der Waals surface area (Å²) in [5, 5.41) is 5.30. The van der Waals surface area contributed by atoms with E-state index in [0.717, 1.165) is 62.4 Å². The summed E-state index contributed by atoms with van der Waals surface area (Å²) in [7, 11) is 0. The first kappa shape index (κ1) is 23.7. The highest BCUT2D eigenvalue weighted by molar-refractivity contribution is 6.21. The van der Waals surface area contributed by atoms with Crippen LogP contribution in [0, 0.1) is 0 Å². The van der Waals surface area contributed by atoms with Gasteiger partial charge < -0.3 is 5.32 Å². The van der Waals surface area contributed by atoms with Gasteiger partial charge in [0.1, 0.15) is 0 Å². The van der Waals surface area contributed by atoms with Gasteiger partial charge in [-0.3, -0.25) is 19.3 Å². The van der Waals surface area contributed by atoms with E-state index in [-0.39, 0.29) is 17.7 Å². The Morgan fingerprint density at radius 2 is 1.21 bits per heavy atom. The Morgan fingerprint density at radius 3 is 1.88 bits per heavy atom. The molecule has 0 radical (unpaired) electrons. The van der Waals surface area contributed by atoms with Gasteiger partial charge in [0.2, 0.25) is 5.91 Å². The first-order valence-electron chi connectivity index (χ1n) is 12.4. The molecule has 0 saturated heterocycles. The summed E-state index contributed by atoms with van der Waals surface area (Å²) in [6.07, 6.45) is 8.90. The fraction of sp³-hybridized carbons (Fsp3) is 0.345. The number of rotatable bonds is 12. The summed E-state index contributed by atoms with van der Waals surface area (Å²) in [5.74, 6) is -0.251. The lowest BCUT2D eigenvalue weighted by atomic mass is 10.1. The molecule has 1 N–H and O–H groups in total. The second-order valence-corrected chi connectivity index (χ2v) is 9.00. The quantitative estimate of drug-likeness (QED) is 0.247. The minimum Gasteiger partial charge on any atom is -0.326 e. The minimum absolute atomic E-state index is 0.0726. The molecular formula is C29H32N2O3. The van der Waals surface area contributed by atoms with Crippen molar-refractivity contribution >= 4 is 34.2 Å². The molecule has 5 nitrogen and oxygen atoms in total. The highest BCUT2D eigenvalue weighted by Crippen LogP contribution is 2.23. The van der Waals surface area contributed by atoms with Crippen molar-refractivity contribution in [2.75, 3.05) is 11.9 Å². The van der Waals surface area contributed by atoms with Gasteiger partial charge in [0.05, 0.1) is 11.1 Å². The lowest BCUT2D eigenvalue weighted by molar-refractivity contribution is -0.116. The van der Waals surface area contributed by atoms with Crippen LogP contribution in [0.2, 0.25) is 0 Å². The molecule has 1 aliphatic rings. The Kier molecular flexibility index (Phi) is 8.08. The Morgan fingerprint density at radius 1 is 0.647 bits per heavy atom. The second-order valence-electron chi connectivity index (χ2n) is 9.00. The minimum atomic E-state index is -0.162. The van der Waals surface area contributed by atoms with Gasteiger partial charge in [-0.1, -0.05) is 81.0 Å². The second kappa shape index (κ2) is 11.6. The lowest BCUT2D eigenvalue weighted by Crippen LogP contribution is -2.30. The van der Waals surface area contributed by atoms with E-state index in [0.29, 0.717) is 24.1 Å². The molecule has 0 saturated carbocycles. The summed E-state index contributed by atoms with van der Waals surface area (Å²) in [5.41, 5.74) is 1.90. The molecule has 34 heavy (non-hydrogen) atoms. The van der Waals surface area contributed by atoms with Gasteiger partial charge in [0.15, 0.2) is 0 Å². The van der Waals surface area contributed by atoms with E-state index in [1.54, 1.807) is 24.3 Å². The van der Waals surface area contributed by atoms with E-state index in [2.05, 4.69) is 17.4 Å². The van der Waals surface area contributed by atoms with Crippen molar-refractivity contribution in [3.05, 3.63) is 77.9 Å². The first-order chi connectivity index (χ1) is 16.6. The number of unbranched alkanes of at least 4 members (excludes halogenated alkanes) is 7. The summed E-state index contributed by atoms with van der Waals surface area (Å²) < 4.78 is 0. The van der Waals surface area contributed by atoms with Crippen LogP contribution in [-0.2, 0) is 4.79 Å². The number of fused-ring (bicyclic) bond motifs is 2. The van der Waals surface area contributed by atoms with Crippen LogP contribution in [0.5, 0.6) is 0 Å². The van der Waals surface area contributed by atoms with Crippen molar-refractivity contribution in [2.24, 2.45) is 0 Å². The monoisotopic (exact) mass is 456 g/mol. The number of nitrogens with zero attached hydrogens (tertiary/aromatic N) is 1. The van der Waals surface area contributed by atoms with Crippen LogP contribution in [0.25, 0.3) is 10.8 Å². The van der Waals surface area contributed by atoms with Gasteiger partial charge in [0, 0.05) is 18.7 Å². The number of hydrogen-bond donors (Lipinski definition) is 1. The van der Waals surface area contributed by atoms with Crippen LogP contribution < -0.4 is 5.32 Å². The standard InChI is InChI=1S/C29H32N2O3/c32-27(30-24-19-18-22-13-8-9-14-23(22)21-24)17-7-5-3-1-2-4-6-12-20-31-28(33)25-15-10-11-16-26(25)29(31)34/h8-11,13-16,18-19,21H,1-7,12,17,20H2,(H,30,32). The van der Waals surface area contributed by atoms with E-state index in [1.807, 2.05) is 30.3 Å². The van der Waals surface area contributed by atoms with E-state index in [4.69, 9.17) is 0 Å². The van der Waals surface area contributed by atoms with Crippen molar-refractivity contribution < 1.29 is 14.4 Å². The highest BCUT2D eigenvalue weighted by Gasteiger charge is 2.34. The molecule has 0 aliphatic carbocycles. The maximum atomic E-state index is 12.4. The van der Waals surface area contributed by atoms with Crippen LogP contribution in [0.15, 0.2) is 66.7 Å². The van der Waals surface area contributed by atoms with Crippen molar-refractivity contribution in [1.29, 1.82) is 0 Å². The highest BCUT2D eigenvalue weighted by atomic mass is 16.2. The molecule has 3 aromatic rings. The van der Waals surface area contributed by atoms with Crippen molar-refractivity contribution in [1.82, 2.24) is 4.90 Å². The lowest BCUT2D eigenvalue weighted by Gasteiger charge is -2.13. The third kappa shape index (κ3) is 5.90. The Labute approximate surface area is 201 Å². The molecule has 0 fully saturated rings. The molecule has 0 spiro atoms. The van der Waals surface area contributed by atoms with Crippen molar-refractivity contribution in [2.45, 2.75) is 57.8 Å². The third-order valence-corrected chi connectivity index (χ3v) is 6.45. The molecule has 0 aromatic heterocycles. The molecule has 4 rings (SSSR count). The number of carbonyl (C=O) groups excluding carboxylic acids is 3. The number of hydrogen-bond acceptors (Lipinski definition) is 3. The molecule has 5 heteroatoms. The van der Waals surface area contributed by atoms with Gasteiger partial charge in [0.25, 0.3) is 11.8 Å². The first-order valence-corrected chi connectivity index (χ1v) is 12.4. The number of amides is 3. The maximum absolute atomic E-state index is 12.4. The molecule has 0 atom stereocenters. The summed E-state index contributed by atoms with van der Waals surface area (Å²) in [4.78, 5) is 38.3. The molecule has 3 amide bonds. The van der Waals surface area contributed by atoms with E-state index < -0.39 is 0 Å². The zero-order valence-electron chi connectivity index (χ0n) is 19.6. The molecule has 1 heterocycles. The van der Waals surface area contributed by atoms with Crippen molar-refractivity contribution in [3.8, 4) is 0 Å². The van der Waals surface area contributed by atoms with E-state index in [9.17, 15) is 14.4 Å². The van der Waals surface area contributed by atoms with Gasteiger partial charge in [-0.25, -0.2) is 0 Å². The largest absolute Gasteiger partial charge is 0.326 e. The summed E-state index contributed by atoms with van der Waals surface area (Å²) in [6, 6.07) is 21.2. The number of nitrogens with one attached hydrogen (secondary N) is 1. The Balaban J connectivity index is 1.03. The van der Waals surface area contributed by atoms with E-state index >= 15 is 0 Å². The van der Waals surface area contributed by atoms with Crippen LogP contribution in [0.3, 0.4) is 0 Å². The summed E-state index contributed by atoms with van der Waals surface area (Å²) >= 11 is 0. The van der Waals surface area contributed by atoms with Gasteiger partial charge in [-0.05, 0) is 47.9 Å². The van der Waals surface area contributed by atoms with Gasteiger partial charge >= 0.3 is 0 Å². The average molecular weight is 457 g/mol.